The topological polar surface area (TPSA) is 143 Å². The summed E-state index contributed by atoms with van der Waals surface area (Å²) in [5, 5.41) is 18.9. The molecule has 2 aromatic rings. The van der Waals surface area contributed by atoms with E-state index in [2.05, 4.69) is 10.9 Å². The number of aromatic carboxylic acids is 2. The molecule has 0 bridgehead atoms. The van der Waals surface area contributed by atoms with Crippen molar-refractivity contribution < 1.29 is 24.5 Å². The van der Waals surface area contributed by atoms with E-state index in [0.717, 1.165) is 0 Å². The summed E-state index contributed by atoms with van der Waals surface area (Å²) in [7, 11) is 0. The van der Waals surface area contributed by atoms with Crippen LogP contribution in [0.4, 0.5) is 5.82 Å². The zero-order chi connectivity index (χ0) is 19.4. The lowest BCUT2D eigenvalue weighted by molar-refractivity contribution is 0.0695. The molecule has 0 aliphatic heterocycles. The predicted molar refractivity (Wildman–Crippen MR) is 94.5 cm³/mol. The van der Waals surface area contributed by atoms with Crippen LogP contribution in [0.5, 0.6) is 5.75 Å². The second-order valence-corrected chi connectivity index (χ2v) is 5.27. The standard InChI is InChI=1S/C18H16N2O6/c1-3-7-26-11-6-5-10(8-9(11)4-2)12-13(17(22)23)15(19)20-16(21)14(12)18(24)25/h1,5-6,8H,4,7H2,2H3,(H,22,23)(H,24,25)(H3,19,20,21). The summed E-state index contributed by atoms with van der Waals surface area (Å²) in [6.07, 6.45) is 5.68. The molecule has 1 aromatic heterocycles. The van der Waals surface area contributed by atoms with Crippen LogP contribution in [-0.4, -0.2) is 33.7 Å². The highest BCUT2D eigenvalue weighted by molar-refractivity contribution is 6.07. The van der Waals surface area contributed by atoms with Gasteiger partial charge in [0.05, 0.1) is 0 Å². The highest BCUT2D eigenvalue weighted by atomic mass is 16.5. The van der Waals surface area contributed by atoms with E-state index in [4.69, 9.17) is 16.9 Å². The Bertz CT molecular complexity index is 984. The molecule has 0 radical (unpaired) electrons. The number of hydrogen-bond acceptors (Lipinski definition) is 5. The van der Waals surface area contributed by atoms with Gasteiger partial charge in [0, 0.05) is 5.56 Å². The fraction of sp³-hybridized carbons (Fsp3) is 0.167. The highest BCUT2D eigenvalue weighted by Gasteiger charge is 2.26. The summed E-state index contributed by atoms with van der Waals surface area (Å²) in [6, 6.07) is 4.55. The Balaban J connectivity index is 2.83. The van der Waals surface area contributed by atoms with Crippen LogP contribution in [0.2, 0.25) is 0 Å². The van der Waals surface area contributed by atoms with Gasteiger partial charge in [-0.25, -0.2) is 9.59 Å². The zero-order valence-electron chi connectivity index (χ0n) is 13.8. The third-order valence-corrected chi connectivity index (χ3v) is 3.71. The van der Waals surface area contributed by atoms with Crippen molar-refractivity contribution >= 4 is 17.8 Å². The Morgan fingerprint density at radius 1 is 1.27 bits per heavy atom. The van der Waals surface area contributed by atoms with E-state index >= 15 is 0 Å². The minimum absolute atomic E-state index is 0.0467. The SMILES string of the molecule is C#CCOc1ccc(-c2c(C(=O)O)c(N)[nH]c(=O)c2C(=O)O)cc1CC. The maximum absolute atomic E-state index is 12.1. The van der Waals surface area contributed by atoms with Crippen molar-refractivity contribution in [3.63, 3.8) is 0 Å². The van der Waals surface area contributed by atoms with Crippen LogP contribution >= 0.6 is 0 Å². The van der Waals surface area contributed by atoms with Gasteiger partial charge in [0.15, 0.2) is 0 Å². The average Bonchev–Trinajstić information content (AvgIpc) is 2.58. The molecule has 1 heterocycles. The molecule has 0 saturated heterocycles. The number of ether oxygens (including phenoxy) is 1. The van der Waals surface area contributed by atoms with Crippen LogP contribution < -0.4 is 16.0 Å². The maximum Gasteiger partial charge on any atom is 0.342 e. The molecule has 8 heteroatoms. The zero-order valence-corrected chi connectivity index (χ0v) is 13.8. The summed E-state index contributed by atoms with van der Waals surface area (Å²) in [5.74, 6) is -0.616. The summed E-state index contributed by atoms with van der Waals surface area (Å²) in [4.78, 5) is 37.3. The Morgan fingerprint density at radius 2 is 1.92 bits per heavy atom. The number of nitrogens with one attached hydrogen (secondary N) is 1. The van der Waals surface area contributed by atoms with Gasteiger partial charge in [-0.3, -0.25) is 4.79 Å². The van der Waals surface area contributed by atoms with Gasteiger partial charge in [0.25, 0.3) is 5.56 Å². The molecule has 0 fully saturated rings. The van der Waals surface area contributed by atoms with E-state index in [0.29, 0.717) is 17.7 Å². The number of hydrogen-bond donors (Lipinski definition) is 4. The quantitative estimate of drug-likeness (QED) is 0.576. The monoisotopic (exact) mass is 356 g/mol. The molecule has 134 valence electrons. The first-order valence-electron chi connectivity index (χ1n) is 7.53. The van der Waals surface area contributed by atoms with Crippen molar-refractivity contribution in [2.75, 3.05) is 12.3 Å². The number of terminal acetylenes is 1. The number of H-pyrrole nitrogens is 1. The number of aromatic nitrogens is 1. The number of rotatable bonds is 6. The number of carboxylic acids is 2. The van der Waals surface area contributed by atoms with E-state index in [1.807, 2.05) is 6.92 Å². The summed E-state index contributed by atoms with van der Waals surface area (Å²) in [5.41, 5.74) is 4.09. The second-order valence-electron chi connectivity index (χ2n) is 5.27. The Kier molecular flexibility index (Phi) is 5.33. The minimum Gasteiger partial charge on any atom is -0.481 e. The number of nitrogens with two attached hydrogens (primary N) is 1. The van der Waals surface area contributed by atoms with Crippen LogP contribution in [-0.2, 0) is 6.42 Å². The molecular formula is C18H16N2O6. The molecule has 0 unspecified atom stereocenters. The maximum atomic E-state index is 12.1. The van der Waals surface area contributed by atoms with Crippen molar-refractivity contribution in [3.05, 3.63) is 45.2 Å². The van der Waals surface area contributed by atoms with Gasteiger partial charge in [-0.15, -0.1) is 6.42 Å². The number of aryl methyl sites for hydroxylation is 1. The van der Waals surface area contributed by atoms with Gasteiger partial charge in [0.2, 0.25) is 0 Å². The molecule has 5 N–H and O–H groups in total. The molecule has 0 amide bonds. The molecule has 8 nitrogen and oxygen atoms in total. The Morgan fingerprint density at radius 3 is 2.46 bits per heavy atom. The first-order chi connectivity index (χ1) is 12.3. The Hall–Kier alpha value is -3.73. The Labute approximate surface area is 148 Å². The van der Waals surface area contributed by atoms with Crippen LogP contribution in [0.15, 0.2) is 23.0 Å². The lowest BCUT2D eigenvalue weighted by Gasteiger charge is -2.15. The van der Waals surface area contributed by atoms with Crippen molar-refractivity contribution in [2.24, 2.45) is 0 Å². The van der Waals surface area contributed by atoms with Gasteiger partial charge in [0.1, 0.15) is 29.3 Å². The third-order valence-electron chi connectivity index (χ3n) is 3.71. The molecule has 0 saturated carbocycles. The van der Waals surface area contributed by atoms with Crippen molar-refractivity contribution in [2.45, 2.75) is 13.3 Å². The minimum atomic E-state index is -1.56. The molecular weight excluding hydrogens is 340 g/mol. The van der Waals surface area contributed by atoms with E-state index in [1.165, 1.54) is 6.07 Å². The lowest BCUT2D eigenvalue weighted by Crippen LogP contribution is -2.24. The lowest BCUT2D eigenvalue weighted by atomic mass is 9.93. The van der Waals surface area contributed by atoms with E-state index in [-0.39, 0.29) is 17.7 Å². The molecule has 0 aliphatic carbocycles. The number of carbonyl (C=O) groups is 2. The molecule has 0 aliphatic rings. The number of benzene rings is 1. The van der Waals surface area contributed by atoms with Crippen molar-refractivity contribution in [3.8, 4) is 29.2 Å². The first-order valence-corrected chi connectivity index (χ1v) is 7.53. The third kappa shape index (κ3) is 3.37. The molecule has 0 spiro atoms. The van der Waals surface area contributed by atoms with Gasteiger partial charge >= 0.3 is 11.9 Å². The molecule has 0 atom stereocenters. The molecule has 2 rings (SSSR count). The van der Waals surface area contributed by atoms with Crippen molar-refractivity contribution in [1.82, 2.24) is 4.98 Å². The summed E-state index contributed by atoms with van der Waals surface area (Å²) >= 11 is 0. The number of pyridine rings is 1. The van der Waals surface area contributed by atoms with Gasteiger partial charge in [-0.05, 0) is 29.7 Å². The molecule has 26 heavy (non-hydrogen) atoms. The average molecular weight is 356 g/mol. The van der Waals surface area contributed by atoms with Gasteiger partial charge in [-0.2, -0.15) is 0 Å². The smallest absolute Gasteiger partial charge is 0.342 e. The number of anilines is 1. The van der Waals surface area contributed by atoms with E-state index in [1.54, 1.807) is 12.1 Å². The largest absolute Gasteiger partial charge is 0.481 e. The number of nitrogen functional groups attached to an aromatic ring is 1. The number of carboxylic acid groups (broad SMARTS) is 2. The van der Waals surface area contributed by atoms with E-state index in [9.17, 15) is 24.6 Å². The summed E-state index contributed by atoms with van der Waals surface area (Å²) < 4.78 is 5.41. The first kappa shape index (κ1) is 18.6. The fourth-order valence-electron chi connectivity index (χ4n) is 2.61. The molecule has 1 aromatic carbocycles. The van der Waals surface area contributed by atoms with E-state index < -0.39 is 34.4 Å². The number of aromatic amines is 1. The van der Waals surface area contributed by atoms with Gasteiger partial charge in [-0.1, -0.05) is 18.9 Å². The van der Waals surface area contributed by atoms with Crippen LogP contribution in [0.3, 0.4) is 0 Å². The normalized spacial score (nSPS) is 10.2. The fourth-order valence-corrected chi connectivity index (χ4v) is 2.61. The van der Waals surface area contributed by atoms with Crippen LogP contribution in [0.25, 0.3) is 11.1 Å². The predicted octanol–water partition coefficient (Wildman–Crippen LogP) is 1.59. The van der Waals surface area contributed by atoms with Crippen molar-refractivity contribution in [1.29, 1.82) is 0 Å². The highest BCUT2D eigenvalue weighted by Crippen LogP contribution is 2.32. The summed E-state index contributed by atoms with van der Waals surface area (Å²) in [6.45, 7) is 1.88. The second kappa shape index (κ2) is 7.44. The van der Waals surface area contributed by atoms with Crippen LogP contribution in [0.1, 0.15) is 33.2 Å². The van der Waals surface area contributed by atoms with Crippen LogP contribution in [0, 0.1) is 12.3 Å². The van der Waals surface area contributed by atoms with Gasteiger partial charge < -0.3 is 25.7 Å².